The van der Waals surface area contributed by atoms with E-state index in [0.29, 0.717) is 28.2 Å². The lowest BCUT2D eigenvalue weighted by Gasteiger charge is -2.22. The van der Waals surface area contributed by atoms with Crippen molar-refractivity contribution in [2.24, 2.45) is 0 Å². The van der Waals surface area contributed by atoms with E-state index in [1.165, 1.54) is 6.33 Å². The Morgan fingerprint density at radius 1 is 1.16 bits per heavy atom. The van der Waals surface area contributed by atoms with Crippen LogP contribution in [0.15, 0.2) is 60.6 Å². The molecule has 9 heteroatoms. The molecule has 1 aromatic carbocycles. The molecule has 0 aliphatic heterocycles. The molecule has 9 nitrogen and oxygen atoms in total. The Balaban J connectivity index is 1.43. The van der Waals surface area contributed by atoms with Crippen LogP contribution >= 0.6 is 0 Å². The third-order valence-corrected chi connectivity index (χ3v) is 5.94. The lowest BCUT2D eigenvalue weighted by molar-refractivity contribution is 0.0253. The largest absolute Gasteiger partial charge is 0.486 e. The topological polar surface area (TPSA) is 131 Å². The van der Waals surface area contributed by atoms with Gasteiger partial charge in [-0.3, -0.25) is 0 Å². The molecule has 0 bridgehead atoms. The molecule has 0 spiro atoms. The molecule has 1 aliphatic rings. The summed E-state index contributed by atoms with van der Waals surface area (Å²) in [6.45, 7) is 1.85. The zero-order valence-electron chi connectivity index (χ0n) is 17.7. The molecule has 3 aromatic heterocycles. The molecule has 5 rings (SSSR count). The smallest absolute Gasteiger partial charge is 0.146 e. The minimum absolute atomic E-state index is 0.369. The molecule has 0 radical (unpaired) electrons. The number of anilines is 2. The van der Waals surface area contributed by atoms with Gasteiger partial charge in [0.25, 0.3) is 0 Å². The highest BCUT2D eigenvalue weighted by Crippen LogP contribution is 2.35. The number of nitrogens with one attached hydrogen (secondary N) is 1. The Kier molecular flexibility index (Phi) is 4.91. The summed E-state index contributed by atoms with van der Waals surface area (Å²) in [7, 11) is 1.82. The average molecular weight is 432 g/mol. The molecule has 164 valence electrons. The lowest BCUT2D eigenvalue weighted by atomic mass is 10.1. The first-order valence-electron chi connectivity index (χ1n) is 10.4. The number of aromatic nitrogens is 4. The van der Waals surface area contributed by atoms with E-state index in [1.807, 2.05) is 50.4 Å². The molecule has 4 aromatic rings. The summed E-state index contributed by atoms with van der Waals surface area (Å²) < 4.78 is 7.91. The highest BCUT2D eigenvalue weighted by molar-refractivity contribution is 5.86. The van der Waals surface area contributed by atoms with Crippen molar-refractivity contribution in [3.8, 4) is 5.75 Å². The number of nitrogens with zero attached hydrogens (tertiary/aromatic N) is 4. The van der Waals surface area contributed by atoms with E-state index in [4.69, 9.17) is 10.5 Å². The van der Waals surface area contributed by atoms with Crippen LogP contribution in [0.25, 0.3) is 21.9 Å². The lowest BCUT2D eigenvalue weighted by Crippen LogP contribution is -2.32. The first kappa shape index (κ1) is 20.2. The first-order valence-corrected chi connectivity index (χ1v) is 10.4. The van der Waals surface area contributed by atoms with E-state index < -0.39 is 24.4 Å². The highest BCUT2D eigenvalue weighted by Gasteiger charge is 2.39. The average Bonchev–Trinajstić information content (AvgIpc) is 3.35. The highest BCUT2D eigenvalue weighted by atomic mass is 16.5. The van der Waals surface area contributed by atoms with Crippen molar-refractivity contribution in [2.75, 3.05) is 18.1 Å². The van der Waals surface area contributed by atoms with Gasteiger partial charge in [-0.25, -0.2) is 15.0 Å². The van der Waals surface area contributed by atoms with Crippen molar-refractivity contribution in [1.29, 1.82) is 0 Å². The normalized spacial score (nSPS) is 21.6. The summed E-state index contributed by atoms with van der Waals surface area (Å²) in [5, 5.41) is 26.3. The number of aliphatic hydroxyl groups is 2. The number of ether oxygens (including phenoxy) is 1. The zero-order valence-corrected chi connectivity index (χ0v) is 17.7. The predicted molar refractivity (Wildman–Crippen MR) is 122 cm³/mol. The zero-order chi connectivity index (χ0) is 22.4. The van der Waals surface area contributed by atoms with Gasteiger partial charge in [0, 0.05) is 24.7 Å². The van der Waals surface area contributed by atoms with Crippen LogP contribution in [0.1, 0.15) is 13.0 Å². The molecule has 1 aliphatic carbocycles. The summed E-state index contributed by atoms with van der Waals surface area (Å²) >= 11 is 0. The van der Waals surface area contributed by atoms with Crippen molar-refractivity contribution < 1.29 is 14.9 Å². The first-order chi connectivity index (χ1) is 15.5. The van der Waals surface area contributed by atoms with Crippen molar-refractivity contribution >= 4 is 33.6 Å². The fraction of sp³-hybridized carbons (Fsp3) is 0.261. The molecule has 3 heterocycles. The second-order valence-electron chi connectivity index (χ2n) is 7.87. The quantitative estimate of drug-likeness (QED) is 0.353. The number of aliphatic hydroxyl groups excluding tert-OH is 2. The second-order valence-corrected chi connectivity index (χ2v) is 7.87. The number of pyridine rings is 1. The van der Waals surface area contributed by atoms with Gasteiger partial charge in [0.15, 0.2) is 0 Å². The molecule has 0 fully saturated rings. The van der Waals surface area contributed by atoms with Gasteiger partial charge in [-0.2, -0.15) is 0 Å². The van der Waals surface area contributed by atoms with Crippen LogP contribution in [0.2, 0.25) is 0 Å². The van der Waals surface area contributed by atoms with Gasteiger partial charge >= 0.3 is 0 Å². The molecular formula is C23H24N6O3. The Labute approximate surface area is 184 Å². The van der Waals surface area contributed by atoms with Crippen molar-refractivity contribution in [1.82, 2.24) is 19.5 Å². The number of rotatable bonds is 5. The number of benzene rings is 1. The molecular weight excluding hydrogens is 408 g/mol. The van der Waals surface area contributed by atoms with E-state index in [2.05, 4.69) is 20.3 Å². The van der Waals surface area contributed by atoms with Crippen LogP contribution in [-0.4, -0.2) is 55.1 Å². The Hall–Kier alpha value is -3.69. The Morgan fingerprint density at radius 2 is 1.97 bits per heavy atom. The number of fused-ring (bicyclic) bond motifs is 2. The number of hydrogen-bond donors (Lipinski definition) is 4. The van der Waals surface area contributed by atoms with Crippen LogP contribution in [-0.2, 0) is 0 Å². The summed E-state index contributed by atoms with van der Waals surface area (Å²) in [6, 6.07) is 10.9. The van der Waals surface area contributed by atoms with Gasteiger partial charge in [-0.1, -0.05) is 6.08 Å². The molecule has 1 unspecified atom stereocenters. The molecule has 0 amide bonds. The van der Waals surface area contributed by atoms with Crippen LogP contribution in [0.4, 0.5) is 11.6 Å². The van der Waals surface area contributed by atoms with E-state index >= 15 is 0 Å². The fourth-order valence-electron chi connectivity index (χ4n) is 4.21. The number of nitrogen functional groups attached to an aromatic ring is 1. The van der Waals surface area contributed by atoms with Gasteiger partial charge in [0.2, 0.25) is 0 Å². The van der Waals surface area contributed by atoms with Crippen molar-refractivity contribution in [3.05, 3.63) is 60.6 Å². The van der Waals surface area contributed by atoms with E-state index in [1.54, 1.807) is 16.8 Å². The van der Waals surface area contributed by atoms with Gasteiger partial charge < -0.3 is 30.6 Å². The SMILES string of the molecule is CNc1ccc2ccc(OC(C)C3=C[C@@H](n4ccc5c(N)ncnc54)[C@H](O)[C@@H]3O)cc2n1. The summed E-state index contributed by atoms with van der Waals surface area (Å²) in [4.78, 5) is 12.8. The predicted octanol–water partition coefficient (Wildman–Crippen LogP) is 2.27. The molecule has 0 saturated carbocycles. The van der Waals surface area contributed by atoms with E-state index in [-0.39, 0.29) is 0 Å². The number of hydrogen-bond acceptors (Lipinski definition) is 8. The van der Waals surface area contributed by atoms with E-state index in [9.17, 15) is 10.2 Å². The summed E-state index contributed by atoms with van der Waals surface area (Å²) in [6.07, 6.45) is 2.43. The van der Waals surface area contributed by atoms with Gasteiger partial charge in [-0.15, -0.1) is 0 Å². The van der Waals surface area contributed by atoms with Crippen LogP contribution in [0, 0.1) is 0 Å². The maximum atomic E-state index is 10.8. The molecule has 0 saturated heterocycles. The minimum Gasteiger partial charge on any atom is -0.486 e. The Bertz CT molecular complexity index is 1330. The molecule has 5 N–H and O–H groups in total. The van der Waals surface area contributed by atoms with Crippen LogP contribution in [0.5, 0.6) is 5.75 Å². The molecule has 4 atom stereocenters. The Morgan fingerprint density at radius 3 is 2.78 bits per heavy atom. The molecule has 32 heavy (non-hydrogen) atoms. The third-order valence-electron chi connectivity index (χ3n) is 5.94. The maximum absolute atomic E-state index is 10.8. The summed E-state index contributed by atoms with van der Waals surface area (Å²) in [5.74, 6) is 1.77. The van der Waals surface area contributed by atoms with Gasteiger partial charge in [0.05, 0.1) is 16.9 Å². The van der Waals surface area contributed by atoms with Crippen molar-refractivity contribution in [3.63, 3.8) is 0 Å². The number of nitrogens with two attached hydrogens (primary N) is 1. The van der Waals surface area contributed by atoms with Gasteiger partial charge in [0.1, 0.15) is 47.7 Å². The third kappa shape index (κ3) is 3.31. The monoisotopic (exact) mass is 432 g/mol. The van der Waals surface area contributed by atoms with Gasteiger partial charge in [-0.05, 0) is 42.8 Å². The maximum Gasteiger partial charge on any atom is 0.146 e. The van der Waals surface area contributed by atoms with Crippen LogP contribution < -0.4 is 15.8 Å². The second kappa shape index (κ2) is 7.77. The standard InChI is InChI=1S/C23H24N6O3/c1-12(32-14-5-3-13-4-6-19(25-2)28-17(13)9-14)16-10-18(21(31)20(16)30)29-8-7-15-22(24)26-11-27-23(15)29/h3-12,18,20-21,30-31H,1-2H3,(H,25,28)(H2,24,26,27)/t12?,18-,20-,21+/m1/s1. The minimum atomic E-state index is -1.07. The van der Waals surface area contributed by atoms with E-state index in [0.717, 1.165) is 16.7 Å². The van der Waals surface area contributed by atoms with Crippen LogP contribution in [0.3, 0.4) is 0 Å². The summed E-state index contributed by atoms with van der Waals surface area (Å²) in [5.41, 5.74) is 7.93. The van der Waals surface area contributed by atoms with Crippen molar-refractivity contribution in [2.45, 2.75) is 31.3 Å². The fourth-order valence-corrected chi connectivity index (χ4v) is 4.21.